The molecule has 0 spiro atoms. The van der Waals surface area contributed by atoms with Crippen LogP contribution in [0.25, 0.3) is 5.69 Å². The third-order valence-electron chi connectivity index (χ3n) is 6.56. The van der Waals surface area contributed by atoms with Crippen LogP contribution in [-0.2, 0) is 12.8 Å². The van der Waals surface area contributed by atoms with Crippen LogP contribution in [0.5, 0.6) is 0 Å². The molecule has 1 heterocycles. The molecule has 0 bridgehead atoms. The topological polar surface area (TPSA) is 90.3 Å². The van der Waals surface area contributed by atoms with E-state index in [2.05, 4.69) is 46.0 Å². The van der Waals surface area contributed by atoms with Gasteiger partial charge in [0.1, 0.15) is 0 Å². The summed E-state index contributed by atoms with van der Waals surface area (Å²) in [5, 5.41) is 31.9. The van der Waals surface area contributed by atoms with Crippen LogP contribution in [0, 0.1) is 28.1 Å². The highest BCUT2D eigenvalue weighted by Gasteiger charge is 2.32. The Kier molecular flexibility index (Phi) is 8.36. The molecule has 0 aliphatic carbocycles. The van der Waals surface area contributed by atoms with Crippen molar-refractivity contribution in [3.63, 3.8) is 0 Å². The van der Waals surface area contributed by atoms with Crippen molar-refractivity contribution in [3.8, 4) is 17.8 Å². The van der Waals surface area contributed by atoms with Crippen molar-refractivity contribution < 1.29 is 0 Å². The molecular weight excluding hydrogens is 480 g/mol. The van der Waals surface area contributed by atoms with Gasteiger partial charge < -0.3 is 5.32 Å². The Morgan fingerprint density at radius 2 is 1.76 bits per heavy atom. The number of rotatable bonds is 10. The summed E-state index contributed by atoms with van der Waals surface area (Å²) in [6.07, 6.45) is 5.89. The van der Waals surface area contributed by atoms with Crippen molar-refractivity contribution in [2.24, 2.45) is 5.41 Å². The highest BCUT2D eigenvalue weighted by molar-refractivity contribution is 6.30. The van der Waals surface area contributed by atoms with Gasteiger partial charge in [-0.25, -0.2) is 4.68 Å². The van der Waals surface area contributed by atoms with E-state index in [1.54, 1.807) is 17.1 Å². The summed E-state index contributed by atoms with van der Waals surface area (Å²) in [5.41, 5.74) is 4.20. The Hall–Kier alpha value is -3.97. The number of aryl methyl sites for hydroxylation is 1. The number of benzene rings is 3. The van der Waals surface area contributed by atoms with Gasteiger partial charge in [-0.05, 0) is 86.2 Å². The molecule has 0 saturated heterocycles. The quantitative estimate of drug-likeness (QED) is 0.274. The van der Waals surface area contributed by atoms with Gasteiger partial charge in [-0.2, -0.15) is 10.5 Å². The van der Waals surface area contributed by atoms with E-state index in [0.29, 0.717) is 5.56 Å². The molecule has 2 atom stereocenters. The van der Waals surface area contributed by atoms with Gasteiger partial charge in [0, 0.05) is 11.1 Å². The van der Waals surface area contributed by atoms with E-state index in [1.807, 2.05) is 68.4 Å². The summed E-state index contributed by atoms with van der Waals surface area (Å²) in [6.45, 7) is 3.92. The highest BCUT2D eigenvalue weighted by atomic mass is 35.5. The molecule has 3 aromatic carbocycles. The van der Waals surface area contributed by atoms with Crippen molar-refractivity contribution in [2.75, 3.05) is 0 Å². The lowest BCUT2D eigenvalue weighted by Crippen LogP contribution is -2.41. The Morgan fingerprint density at radius 3 is 2.41 bits per heavy atom. The highest BCUT2D eigenvalue weighted by Crippen LogP contribution is 2.34. The number of hydrogen-bond acceptors (Lipinski definition) is 5. The number of halogens is 1. The zero-order chi connectivity index (χ0) is 26.3. The normalized spacial score (nSPS) is 12.9. The maximum absolute atomic E-state index is 10.1. The third-order valence-corrected chi connectivity index (χ3v) is 6.81. The summed E-state index contributed by atoms with van der Waals surface area (Å²) in [7, 11) is 0. The molecule has 0 saturated carbocycles. The van der Waals surface area contributed by atoms with Crippen molar-refractivity contribution in [1.82, 2.24) is 20.3 Å². The number of aromatic nitrogens is 3. The van der Waals surface area contributed by atoms with Crippen LogP contribution >= 0.6 is 11.6 Å². The molecule has 7 heteroatoms. The zero-order valence-corrected chi connectivity index (χ0v) is 21.7. The van der Waals surface area contributed by atoms with Crippen molar-refractivity contribution >= 4 is 11.6 Å². The van der Waals surface area contributed by atoms with Crippen molar-refractivity contribution in [3.05, 3.63) is 112 Å². The summed E-state index contributed by atoms with van der Waals surface area (Å²) >= 11 is 6.08. The van der Waals surface area contributed by atoms with E-state index in [4.69, 9.17) is 11.6 Å². The molecule has 37 heavy (non-hydrogen) atoms. The van der Waals surface area contributed by atoms with Crippen LogP contribution in [0.3, 0.4) is 0 Å². The maximum Gasteiger partial charge on any atom is 0.0991 e. The number of nitriles is 2. The van der Waals surface area contributed by atoms with Gasteiger partial charge in [0.05, 0.1) is 47.2 Å². The molecule has 0 aliphatic rings. The fraction of sp³-hybridized carbons (Fsp3) is 0.267. The first-order valence-electron chi connectivity index (χ1n) is 12.3. The first kappa shape index (κ1) is 26.1. The number of nitrogens with zero attached hydrogens (tertiary/aromatic N) is 5. The fourth-order valence-corrected chi connectivity index (χ4v) is 4.60. The minimum Gasteiger partial charge on any atom is -0.305 e. The second-order valence-electron chi connectivity index (χ2n) is 9.75. The predicted octanol–water partition coefficient (Wildman–Crippen LogP) is 6.22. The summed E-state index contributed by atoms with van der Waals surface area (Å²) in [4.78, 5) is 0. The van der Waals surface area contributed by atoms with E-state index in [-0.39, 0.29) is 12.1 Å². The lowest BCUT2D eigenvalue weighted by Gasteiger charge is -2.34. The van der Waals surface area contributed by atoms with Gasteiger partial charge >= 0.3 is 0 Å². The summed E-state index contributed by atoms with van der Waals surface area (Å²) in [6, 6.07) is 28.3. The summed E-state index contributed by atoms with van der Waals surface area (Å²) < 4.78 is 1.71. The van der Waals surface area contributed by atoms with Crippen LogP contribution in [0.15, 0.2) is 85.2 Å². The third kappa shape index (κ3) is 6.83. The molecule has 186 valence electrons. The Labute approximate surface area is 223 Å². The fourth-order valence-electron chi connectivity index (χ4n) is 4.48. The largest absolute Gasteiger partial charge is 0.305 e. The van der Waals surface area contributed by atoms with Gasteiger partial charge in [0.15, 0.2) is 0 Å². The lowest BCUT2D eigenvalue weighted by molar-refractivity contribution is 0.284. The van der Waals surface area contributed by atoms with E-state index in [0.717, 1.165) is 41.1 Å². The Balaban J connectivity index is 1.61. The summed E-state index contributed by atoms with van der Waals surface area (Å²) in [5.74, 6) is 0. The first-order valence-corrected chi connectivity index (χ1v) is 12.6. The minimum absolute atomic E-state index is 0.0669. The molecule has 6 nitrogen and oxygen atoms in total. The predicted molar refractivity (Wildman–Crippen MR) is 145 cm³/mol. The molecule has 4 rings (SSSR count). The molecule has 0 unspecified atom stereocenters. The number of hydrogen-bond donors (Lipinski definition) is 1. The van der Waals surface area contributed by atoms with Gasteiger partial charge in [-0.1, -0.05) is 53.2 Å². The SMILES string of the molecule is CC(C)(C#N)[C@@H](N[C@@H](CCc1ccc(Cl)cc1)Cc1cccc(C#N)c1)c1ccc(-n2ccnn2)cc1. The lowest BCUT2D eigenvalue weighted by atomic mass is 9.80. The molecular formula is C30H29ClN6. The van der Waals surface area contributed by atoms with Crippen LogP contribution in [0.1, 0.15) is 48.6 Å². The zero-order valence-electron chi connectivity index (χ0n) is 21.0. The van der Waals surface area contributed by atoms with Crippen LogP contribution < -0.4 is 5.32 Å². The van der Waals surface area contributed by atoms with Gasteiger partial charge in [0.2, 0.25) is 0 Å². The maximum atomic E-state index is 10.1. The monoisotopic (exact) mass is 508 g/mol. The van der Waals surface area contributed by atoms with Crippen LogP contribution in [0.4, 0.5) is 0 Å². The Bertz CT molecular complexity index is 1380. The molecule has 4 aromatic rings. The average molecular weight is 509 g/mol. The second-order valence-corrected chi connectivity index (χ2v) is 10.2. The van der Waals surface area contributed by atoms with Crippen LogP contribution in [-0.4, -0.2) is 21.0 Å². The molecule has 0 amide bonds. The first-order chi connectivity index (χ1) is 17.9. The molecule has 0 aliphatic heterocycles. The van der Waals surface area contributed by atoms with Gasteiger partial charge in [-0.3, -0.25) is 0 Å². The molecule has 1 aromatic heterocycles. The minimum atomic E-state index is -0.665. The smallest absolute Gasteiger partial charge is 0.0991 e. The van der Waals surface area contributed by atoms with Crippen LogP contribution in [0.2, 0.25) is 5.02 Å². The Morgan fingerprint density at radius 1 is 1.00 bits per heavy atom. The average Bonchev–Trinajstić information content (AvgIpc) is 3.46. The van der Waals surface area contributed by atoms with Gasteiger partial charge in [-0.15, -0.1) is 5.10 Å². The standard InChI is InChI=1S/C30H29ClN6/c1-30(2,21-33)29(25-9-14-28(15-10-25)37-17-16-34-36-37)35-27(13-8-22-6-11-26(31)12-7-22)19-23-4-3-5-24(18-23)20-32/h3-7,9-12,14-18,27,29,35H,8,13,19H2,1-2H3/t27-,29-/m0/s1. The number of nitrogens with one attached hydrogen (secondary N) is 1. The van der Waals surface area contributed by atoms with E-state index in [9.17, 15) is 10.5 Å². The molecule has 0 radical (unpaired) electrons. The van der Waals surface area contributed by atoms with E-state index in [1.165, 1.54) is 5.56 Å². The van der Waals surface area contributed by atoms with Gasteiger partial charge in [0.25, 0.3) is 0 Å². The van der Waals surface area contributed by atoms with E-state index >= 15 is 0 Å². The van der Waals surface area contributed by atoms with E-state index < -0.39 is 5.41 Å². The van der Waals surface area contributed by atoms with Crippen molar-refractivity contribution in [2.45, 2.75) is 45.2 Å². The molecule has 0 fully saturated rings. The molecule has 1 N–H and O–H groups in total. The van der Waals surface area contributed by atoms with Crippen molar-refractivity contribution in [1.29, 1.82) is 10.5 Å². The second kappa shape index (κ2) is 11.8.